The minimum atomic E-state index is -4.67. The van der Waals surface area contributed by atoms with Crippen LogP contribution in [0, 0.1) is 40.4 Å². The lowest BCUT2D eigenvalue weighted by Gasteiger charge is -2.27. The lowest BCUT2D eigenvalue weighted by Crippen LogP contribution is -2.47. The van der Waals surface area contributed by atoms with Crippen molar-refractivity contribution in [2.45, 2.75) is 100 Å². The van der Waals surface area contributed by atoms with Gasteiger partial charge in [-0.1, -0.05) is 62.3 Å². The number of nitrogens with zero attached hydrogens (tertiary/aromatic N) is 2. The summed E-state index contributed by atoms with van der Waals surface area (Å²) >= 11 is 0. The van der Waals surface area contributed by atoms with E-state index in [-0.39, 0.29) is 23.9 Å². The van der Waals surface area contributed by atoms with Gasteiger partial charge in [-0.2, -0.15) is 18.4 Å². The Balaban J connectivity index is 0. The molecular weight excluding hydrogens is 501 g/mol. The molecule has 0 bridgehead atoms. The predicted octanol–water partition coefficient (Wildman–Crippen LogP) is 5.53. The monoisotopic (exact) mass is 550 g/mol. The third kappa shape index (κ3) is 13.3. The van der Waals surface area contributed by atoms with Crippen LogP contribution in [0.2, 0.25) is 0 Å². The lowest BCUT2D eigenvalue weighted by molar-refractivity contribution is -0.243. The normalized spacial score (nSPS) is 19.6. The number of nitrogens with one attached hydrogen (secondary N) is 2. The van der Waals surface area contributed by atoms with Gasteiger partial charge in [0.05, 0.1) is 6.07 Å². The molecule has 2 N–H and O–H groups in total. The van der Waals surface area contributed by atoms with E-state index in [1.165, 1.54) is 0 Å². The van der Waals surface area contributed by atoms with Crippen LogP contribution in [0.15, 0.2) is 0 Å². The van der Waals surface area contributed by atoms with E-state index in [0.29, 0.717) is 37.3 Å². The summed E-state index contributed by atoms with van der Waals surface area (Å²) < 4.78 is 42.1. The van der Waals surface area contributed by atoms with Crippen molar-refractivity contribution < 1.29 is 32.3 Å². The average molecular weight is 551 g/mol. The maximum atomic E-state index is 12.6. The van der Waals surface area contributed by atoms with Crippen molar-refractivity contribution in [2.24, 2.45) is 29.1 Å². The number of alkyl halides is 3. The number of fused-ring (bicyclic) bond motifs is 1. The Labute approximate surface area is 227 Å². The fourth-order valence-corrected chi connectivity index (χ4v) is 3.63. The zero-order valence-corrected chi connectivity index (χ0v) is 25.0. The number of halogens is 3. The number of rotatable bonds is 7. The van der Waals surface area contributed by atoms with Crippen LogP contribution in [0.4, 0.5) is 18.0 Å². The zero-order valence-electron chi connectivity index (χ0n) is 25.0. The lowest BCUT2D eigenvalue weighted by atomic mass is 10.1. The van der Waals surface area contributed by atoms with E-state index < -0.39 is 17.9 Å². The molecule has 8 nitrogen and oxygen atoms in total. The first kappa shape index (κ1) is 37.6. The highest BCUT2D eigenvalue weighted by Crippen LogP contribution is 2.61. The van der Waals surface area contributed by atoms with Gasteiger partial charge in [-0.05, 0) is 49.4 Å². The SMILES string of the molecule is CC.CC(C)C.CC(C)CC(C#N)NC=O.CC1(C)C2CN(C(=O)CNC(=O)OC(C)(C)C(F)(F)F)CC21. The molecule has 3 amide bonds. The standard InChI is InChI=1S/C14H21F3N2O3.C7H12N2O.C4H10.C2H6/c1-12(2)8-6-19(7-9(8)12)10(20)5-18-11(21)22-13(3,4)14(15,16)17;1-6(2)3-7(4-8)9-5-10;1-4(2)3;1-2/h8-9H,5-7H2,1-4H3,(H,18,21);5-7H,3H2,1-2H3,(H,9,10);4H,1-3H3;1-2H3. The number of nitriles is 1. The quantitative estimate of drug-likeness (QED) is 0.405. The van der Waals surface area contributed by atoms with E-state index in [4.69, 9.17) is 5.26 Å². The number of hydrogen-bond donors (Lipinski definition) is 2. The molecule has 2 rings (SSSR count). The highest BCUT2D eigenvalue weighted by molar-refractivity contribution is 5.82. The maximum Gasteiger partial charge on any atom is 0.427 e. The first-order valence-electron chi connectivity index (χ1n) is 13.2. The molecule has 2 fully saturated rings. The maximum absolute atomic E-state index is 12.6. The van der Waals surface area contributed by atoms with Crippen molar-refractivity contribution in [2.75, 3.05) is 19.6 Å². The van der Waals surface area contributed by atoms with Crippen LogP contribution >= 0.6 is 0 Å². The van der Waals surface area contributed by atoms with Gasteiger partial charge in [0.2, 0.25) is 17.9 Å². The van der Waals surface area contributed by atoms with Crippen LogP contribution in [-0.2, 0) is 14.3 Å². The van der Waals surface area contributed by atoms with Gasteiger partial charge in [-0.3, -0.25) is 9.59 Å². The third-order valence-corrected chi connectivity index (χ3v) is 6.02. The topological polar surface area (TPSA) is 112 Å². The first-order chi connectivity index (χ1) is 17.3. The van der Waals surface area contributed by atoms with Gasteiger partial charge in [0.25, 0.3) is 0 Å². The van der Waals surface area contributed by atoms with Gasteiger partial charge < -0.3 is 20.3 Å². The molecule has 1 saturated heterocycles. The molecular formula is C27H49F3N4O4. The van der Waals surface area contributed by atoms with Gasteiger partial charge in [0.15, 0.2) is 0 Å². The molecule has 3 unspecified atom stereocenters. The van der Waals surface area contributed by atoms with Gasteiger partial charge >= 0.3 is 12.3 Å². The second-order valence-corrected chi connectivity index (χ2v) is 11.4. The summed E-state index contributed by atoms with van der Waals surface area (Å²) in [5.41, 5.74) is -2.33. The summed E-state index contributed by atoms with van der Waals surface area (Å²) in [4.78, 5) is 34.8. The summed E-state index contributed by atoms with van der Waals surface area (Å²) in [6.45, 7) is 21.3. The Morgan fingerprint density at radius 2 is 1.55 bits per heavy atom. The Morgan fingerprint density at radius 3 is 1.89 bits per heavy atom. The smallest absolute Gasteiger partial charge is 0.427 e. The third-order valence-electron chi connectivity index (χ3n) is 6.02. The molecule has 38 heavy (non-hydrogen) atoms. The van der Waals surface area contributed by atoms with Crippen LogP contribution in [0.3, 0.4) is 0 Å². The largest absolute Gasteiger partial charge is 0.434 e. The summed E-state index contributed by atoms with van der Waals surface area (Å²) in [5, 5.41) is 12.9. The molecule has 1 heterocycles. The summed E-state index contributed by atoms with van der Waals surface area (Å²) in [6.07, 6.45) is -4.64. The highest BCUT2D eigenvalue weighted by Gasteiger charge is 2.62. The molecule has 1 saturated carbocycles. The number of carbonyl (C=O) groups excluding carboxylic acids is 3. The van der Waals surface area contributed by atoms with Crippen molar-refractivity contribution in [3.8, 4) is 6.07 Å². The number of likely N-dealkylation sites (tertiary alicyclic amines) is 1. The molecule has 11 heteroatoms. The number of amides is 3. The van der Waals surface area contributed by atoms with Crippen LogP contribution in [-0.4, -0.2) is 60.8 Å². The van der Waals surface area contributed by atoms with Crippen molar-refractivity contribution in [1.82, 2.24) is 15.5 Å². The van der Waals surface area contributed by atoms with Crippen LogP contribution in [0.25, 0.3) is 0 Å². The van der Waals surface area contributed by atoms with E-state index in [1.807, 2.05) is 33.8 Å². The molecule has 1 aliphatic heterocycles. The minimum Gasteiger partial charge on any atom is -0.434 e. The van der Waals surface area contributed by atoms with Gasteiger partial charge in [-0.25, -0.2) is 4.79 Å². The first-order valence-corrected chi connectivity index (χ1v) is 13.2. The predicted molar refractivity (Wildman–Crippen MR) is 142 cm³/mol. The van der Waals surface area contributed by atoms with E-state index in [9.17, 15) is 27.6 Å². The molecule has 2 aliphatic rings. The van der Waals surface area contributed by atoms with Gasteiger partial charge in [0, 0.05) is 13.1 Å². The highest BCUT2D eigenvalue weighted by atomic mass is 19.4. The second-order valence-electron chi connectivity index (χ2n) is 11.4. The molecule has 3 atom stereocenters. The molecule has 1 aliphatic carbocycles. The fourth-order valence-electron chi connectivity index (χ4n) is 3.63. The Morgan fingerprint density at radius 1 is 1.11 bits per heavy atom. The Hall–Kier alpha value is -2.51. The van der Waals surface area contributed by atoms with E-state index in [2.05, 4.69) is 50.0 Å². The number of piperidine rings is 1. The van der Waals surface area contributed by atoms with E-state index in [0.717, 1.165) is 26.2 Å². The molecule has 0 spiro atoms. The number of alkyl carbamates (subject to hydrolysis) is 1. The number of carbonyl (C=O) groups is 3. The summed E-state index contributed by atoms with van der Waals surface area (Å²) in [6, 6.07) is 1.67. The van der Waals surface area contributed by atoms with Crippen LogP contribution < -0.4 is 10.6 Å². The number of hydrogen-bond acceptors (Lipinski definition) is 5. The van der Waals surface area contributed by atoms with Crippen LogP contribution in [0.5, 0.6) is 0 Å². The van der Waals surface area contributed by atoms with Gasteiger partial charge in [0.1, 0.15) is 12.6 Å². The molecule has 0 aromatic carbocycles. The number of ether oxygens (including phenoxy) is 1. The second kappa shape index (κ2) is 16.5. The van der Waals surface area contributed by atoms with E-state index >= 15 is 0 Å². The molecule has 222 valence electrons. The Bertz CT molecular complexity index is 761. The molecule has 0 aromatic heterocycles. The molecule has 0 aromatic rings. The van der Waals surface area contributed by atoms with Crippen molar-refractivity contribution in [1.29, 1.82) is 5.26 Å². The van der Waals surface area contributed by atoms with E-state index in [1.54, 1.807) is 4.90 Å². The van der Waals surface area contributed by atoms with Gasteiger partial charge in [-0.15, -0.1) is 0 Å². The van der Waals surface area contributed by atoms with Crippen molar-refractivity contribution in [3.05, 3.63) is 0 Å². The Kier molecular flexibility index (Phi) is 16.3. The average Bonchev–Trinajstić information content (AvgIpc) is 3.11. The summed E-state index contributed by atoms with van der Waals surface area (Å²) in [7, 11) is 0. The van der Waals surface area contributed by atoms with Crippen LogP contribution in [0.1, 0.15) is 82.6 Å². The van der Waals surface area contributed by atoms with Crippen molar-refractivity contribution in [3.63, 3.8) is 0 Å². The minimum absolute atomic E-state index is 0.264. The molecule has 0 radical (unpaired) electrons. The van der Waals surface area contributed by atoms with Crippen molar-refractivity contribution >= 4 is 18.4 Å². The zero-order chi connectivity index (χ0) is 30.5. The summed E-state index contributed by atoms with van der Waals surface area (Å²) in [5.74, 6) is 1.93. The fraction of sp³-hybridized carbons (Fsp3) is 0.852.